The van der Waals surface area contributed by atoms with Crippen molar-refractivity contribution in [2.24, 2.45) is 5.92 Å². The molecule has 1 aliphatic carbocycles. The quantitative estimate of drug-likeness (QED) is 0.428. The summed E-state index contributed by atoms with van der Waals surface area (Å²) < 4.78 is 10.1. The predicted octanol–water partition coefficient (Wildman–Crippen LogP) is 1.95. The summed E-state index contributed by atoms with van der Waals surface area (Å²) in [6.07, 6.45) is 4.33. The van der Waals surface area contributed by atoms with Crippen LogP contribution in [-0.2, 0) is 4.79 Å². The van der Waals surface area contributed by atoms with Gasteiger partial charge in [-0.2, -0.15) is 9.97 Å². The highest BCUT2D eigenvalue weighted by Crippen LogP contribution is 2.37. The van der Waals surface area contributed by atoms with Crippen molar-refractivity contribution < 1.29 is 14.3 Å². The summed E-state index contributed by atoms with van der Waals surface area (Å²) in [6, 6.07) is 1.61. The largest absolute Gasteiger partial charge is 0.481 e. The Morgan fingerprint density at radius 2 is 2.00 bits per heavy atom. The van der Waals surface area contributed by atoms with Gasteiger partial charge in [0, 0.05) is 0 Å². The molecule has 1 heterocycles. The summed E-state index contributed by atoms with van der Waals surface area (Å²) in [5, 5.41) is 0.429. The minimum atomic E-state index is -0.0886. The number of rotatable bonds is 7. The van der Waals surface area contributed by atoms with E-state index >= 15 is 0 Å². The molecule has 1 aliphatic rings. The number of nitrogens with zero attached hydrogens (tertiary/aromatic N) is 2. The summed E-state index contributed by atoms with van der Waals surface area (Å²) in [5.41, 5.74) is 0. The third kappa shape index (κ3) is 3.60. The third-order valence-electron chi connectivity index (χ3n) is 2.75. The summed E-state index contributed by atoms with van der Waals surface area (Å²) in [6.45, 7) is 0. The Hall–Kier alpha value is -1.30. The van der Waals surface area contributed by atoms with E-state index in [2.05, 4.69) is 9.97 Å². The zero-order chi connectivity index (χ0) is 13.0. The maximum Gasteiger partial charge on any atom is 0.220 e. The second-order valence-electron chi connectivity index (χ2n) is 4.21. The highest BCUT2D eigenvalue weighted by Gasteiger charge is 2.26. The molecular formula is C12H16N2O3S. The van der Waals surface area contributed by atoms with Gasteiger partial charge in [-0.25, -0.2) is 0 Å². The van der Waals surface area contributed by atoms with E-state index in [4.69, 9.17) is 9.47 Å². The number of hydrogen-bond donors (Lipinski definition) is 0. The van der Waals surface area contributed by atoms with Crippen LogP contribution in [0.2, 0.25) is 0 Å². The van der Waals surface area contributed by atoms with Crippen LogP contribution in [0.3, 0.4) is 0 Å². The lowest BCUT2D eigenvalue weighted by Gasteiger charge is -2.09. The number of carbonyl (C=O) groups excluding carboxylic acids is 1. The lowest BCUT2D eigenvalue weighted by molar-refractivity contribution is -0.107. The number of methoxy groups -OCH3 is 2. The highest BCUT2D eigenvalue weighted by atomic mass is 32.2. The van der Waals surface area contributed by atoms with Crippen molar-refractivity contribution in [1.29, 1.82) is 0 Å². The Morgan fingerprint density at radius 3 is 2.44 bits per heavy atom. The van der Waals surface area contributed by atoms with Crippen LogP contribution in [0, 0.1) is 5.92 Å². The molecule has 0 aliphatic heterocycles. The van der Waals surface area contributed by atoms with E-state index in [0.29, 0.717) is 22.8 Å². The molecule has 5 nitrogen and oxygen atoms in total. The summed E-state index contributed by atoms with van der Waals surface area (Å²) in [5.74, 6) is 1.58. The van der Waals surface area contributed by atoms with Gasteiger partial charge in [0.05, 0.1) is 25.5 Å². The average Bonchev–Trinajstić information content (AvgIpc) is 3.21. The van der Waals surface area contributed by atoms with Crippen LogP contribution in [0.4, 0.5) is 0 Å². The van der Waals surface area contributed by atoms with E-state index < -0.39 is 0 Å². The molecule has 0 aromatic carbocycles. The molecule has 2 rings (SSSR count). The van der Waals surface area contributed by atoms with Gasteiger partial charge in [0.2, 0.25) is 11.8 Å². The monoisotopic (exact) mass is 268 g/mol. The topological polar surface area (TPSA) is 61.3 Å². The molecule has 1 fully saturated rings. The van der Waals surface area contributed by atoms with Crippen LogP contribution in [-0.4, -0.2) is 35.7 Å². The van der Waals surface area contributed by atoms with Gasteiger partial charge in [0.1, 0.15) is 6.29 Å². The third-order valence-corrected chi connectivity index (χ3v) is 3.75. The Bertz CT molecular complexity index is 402. The summed E-state index contributed by atoms with van der Waals surface area (Å²) >= 11 is 1.37. The van der Waals surface area contributed by atoms with Crippen molar-refractivity contribution in [3.8, 4) is 11.8 Å². The van der Waals surface area contributed by atoms with Crippen LogP contribution in [0.25, 0.3) is 0 Å². The van der Waals surface area contributed by atoms with E-state index in [9.17, 15) is 4.79 Å². The molecule has 0 saturated heterocycles. The molecule has 0 bridgehead atoms. The number of hydrogen-bond acceptors (Lipinski definition) is 6. The van der Waals surface area contributed by atoms with E-state index in [1.165, 1.54) is 38.8 Å². The first-order valence-corrected chi connectivity index (χ1v) is 6.72. The van der Waals surface area contributed by atoms with Gasteiger partial charge in [0.15, 0.2) is 5.16 Å². The molecule has 0 spiro atoms. The first-order chi connectivity index (χ1) is 8.75. The van der Waals surface area contributed by atoms with Crippen LogP contribution >= 0.6 is 11.8 Å². The molecule has 1 saturated carbocycles. The summed E-state index contributed by atoms with van der Waals surface area (Å²) in [7, 11) is 3.08. The number of aldehydes is 1. The molecule has 1 atom stereocenters. The second-order valence-corrected chi connectivity index (χ2v) is 5.41. The maximum absolute atomic E-state index is 11.0. The number of carbonyl (C=O) groups is 1. The molecule has 6 heteroatoms. The molecule has 98 valence electrons. The van der Waals surface area contributed by atoms with Gasteiger partial charge in [-0.05, 0) is 12.3 Å². The number of ether oxygens (including phenoxy) is 2. The molecule has 1 unspecified atom stereocenters. The minimum absolute atomic E-state index is 0.0886. The van der Waals surface area contributed by atoms with Gasteiger partial charge in [-0.3, -0.25) is 0 Å². The number of aromatic nitrogens is 2. The maximum atomic E-state index is 11.0. The standard InChI is InChI=1S/C12H16N2O3S/c1-16-10-6-11(17-2)14-12(13-10)18-9(7-15)5-8-3-4-8/h6-9H,3-5H2,1-2H3. The van der Waals surface area contributed by atoms with Gasteiger partial charge < -0.3 is 14.3 Å². The van der Waals surface area contributed by atoms with Crippen molar-refractivity contribution in [3.63, 3.8) is 0 Å². The Labute approximate surface area is 110 Å². The van der Waals surface area contributed by atoms with E-state index in [1.54, 1.807) is 6.07 Å². The predicted molar refractivity (Wildman–Crippen MR) is 68.2 cm³/mol. The van der Waals surface area contributed by atoms with E-state index in [0.717, 1.165) is 12.7 Å². The van der Waals surface area contributed by atoms with Crippen molar-refractivity contribution >= 4 is 18.0 Å². The molecule has 0 N–H and O–H groups in total. The molecule has 1 aromatic heterocycles. The fourth-order valence-electron chi connectivity index (χ4n) is 1.59. The lowest BCUT2D eigenvalue weighted by Crippen LogP contribution is -2.07. The first-order valence-electron chi connectivity index (χ1n) is 5.84. The number of thioether (sulfide) groups is 1. The van der Waals surface area contributed by atoms with E-state index in [-0.39, 0.29) is 5.25 Å². The van der Waals surface area contributed by atoms with Crippen LogP contribution < -0.4 is 9.47 Å². The second kappa shape index (κ2) is 6.04. The SMILES string of the molecule is COc1cc(OC)nc(SC(C=O)CC2CC2)n1. The Kier molecular flexibility index (Phi) is 4.41. The van der Waals surface area contributed by atoms with Crippen molar-refractivity contribution in [2.45, 2.75) is 29.7 Å². The van der Waals surface area contributed by atoms with Gasteiger partial charge in [-0.15, -0.1) is 0 Å². The normalized spacial score (nSPS) is 16.1. The van der Waals surface area contributed by atoms with Crippen molar-refractivity contribution in [2.75, 3.05) is 14.2 Å². The highest BCUT2D eigenvalue weighted by molar-refractivity contribution is 8.00. The van der Waals surface area contributed by atoms with Gasteiger partial charge in [0.25, 0.3) is 0 Å². The minimum Gasteiger partial charge on any atom is -0.481 e. The lowest BCUT2D eigenvalue weighted by atomic mass is 10.2. The zero-order valence-corrected chi connectivity index (χ0v) is 11.3. The average molecular weight is 268 g/mol. The molecule has 0 amide bonds. The van der Waals surface area contributed by atoms with Crippen molar-refractivity contribution in [3.05, 3.63) is 6.07 Å². The van der Waals surface area contributed by atoms with Gasteiger partial charge in [-0.1, -0.05) is 24.6 Å². The Balaban J connectivity index is 2.07. The fourth-order valence-corrected chi connectivity index (χ4v) is 2.57. The molecule has 18 heavy (non-hydrogen) atoms. The van der Waals surface area contributed by atoms with Crippen LogP contribution in [0.15, 0.2) is 11.2 Å². The summed E-state index contributed by atoms with van der Waals surface area (Å²) in [4.78, 5) is 19.5. The molecule has 0 radical (unpaired) electrons. The molecule has 1 aromatic rings. The zero-order valence-electron chi connectivity index (χ0n) is 10.5. The van der Waals surface area contributed by atoms with Gasteiger partial charge >= 0.3 is 0 Å². The fraction of sp³-hybridized carbons (Fsp3) is 0.583. The van der Waals surface area contributed by atoms with Crippen LogP contribution in [0.1, 0.15) is 19.3 Å². The Morgan fingerprint density at radius 1 is 1.39 bits per heavy atom. The first kappa shape index (κ1) is 13.1. The van der Waals surface area contributed by atoms with Crippen molar-refractivity contribution in [1.82, 2.24) is 9.97 Å². The smallest absolute Gasteiger partial charge is 0.220 e. The van der Waals surface area contributed by atoms with Crippen LogP contribution in [0.5, 0.6) is 11.8 Å². The molecular weight excluding hydrogens is 252 g/mol. The van der Waals surface area contributed by atoms with E-state index in [1.807, 2.05) is 0 Å².